The molecule has 2 atom stereocenters. The molecule has 2 amide bonds. The van der Waals surface area contributed by atoms with Gasteiger partial charge in [-0.2, -0.15) is 0 Å². The van der Waals surface area contributed by atoms with Gasteiger partial charge in [0.2, 0.25) is 0 Å². The van der Waals surface area contributed by atoms with Crippen molar-refractivity contribution >= 4 is 63.7 Å². The molecule has 2 saturated heterocycles. The molecule has 0 saturated carbocycles. The summed E-state index contributed by atoms with van der Waals surface area (Å²) < 4.78 is 17.1. The topological polar surface area (TPSA) is 85.4 Å². The van der Waals surface area contributed by atoms with E-state index in [2.05, 4.69) is 0 Å². The van der Waals surface area contributed by atoms with E-state index in [1.807, 2.05) is 0 Å². The highest BCUT2D eigenvalue weighted by Crippen LogP contribution is 2.42. The van der Waals surface area contributed by atoms with Crippen LogP contribution in [0.3, 0.4) is 0 Å². The lowest BCUT2D eigenvalue weighted by Crippen LogP contribution is -2.45. The van der Waals surface area contributed by atoms with Crippen LogP contribution in [0.15, 0.2) is 24.3 Å². The Morgan fingerprint density at radius 3 is 2.81 bits per heavy atom. The molecule has 0 aliphatic carbocycles. The van der Waals surface area contributed by atoms with Gasteiger partial charge in [-0.1, -0.05) is 23.2 Å². The standard InChI is InChI=1S/C21H18Cl2N2O6S/c22-12-8-18(32-20(12)23)15(26)3-4-16-14-9-30-17-7-11(24-5-6-29-10-19(24)27)1-2-13(17)25(14)21(28)31-16/h1-2,7-8,14,16H,3-6,9-10H2/t14-,16-/m0/s1. The summed E-state index contributed by atoms with van der Waals surface area (Å²) in [5.74, 6) is 0.286. The predicted octanol–water partition coefficient (Wildman–Crippen LogP) is 4.17. The summed E-state index contributed by atoms with van der Waals surface area (Å²) in [4.78, 5) is 40.9. The smallest absolute Gasteiger partial charge is 0.415 e. The SMILES string of the molecule is O=C(CC[C@@H]1OC(=O)N2c3ccc(N4CCOCC4=O)cc3OC[C@@H]12)c1cc(Cl)c(Cl)s1. The number of thiophene rings is 1. The van der Waals surface area contributed by atoms with Gasteiger partial charge in [0.15, 0.2) is 5.78 Å². The molecule has 3 aliphatic heterocycles. The summed E-state index contributed by atoms with van der Waals surface area (Å²) in [6.45, 7) is 1.20. The second-order valence-electron chi connectivity index (χ2n) is 7.61. The molecule has 32 heavy (non-hydrogen) atoms. The number of ketones is 1. The summed E-state index contributed by atoms with van der Waals surface area (Å²) in [7, 11) is 0. The second kappa shape index (κ2) is 8.55. The second-order valence-corrected chi connectivity index (χ2v) is 9.68. The lowest BCUT2D eigenvalue weighted by molar-refractivity contribution is -0.125. The minimum Gasteiger partial charge on any atom is -0.489 e. The number of hydrogen-bond acceptors (Lipinski definition) is 7. The first-order valence-electron chi connectivity index (χ1n) is 10.0. The number of hydrogen-bond donors (Lipinski definition) is 0. The van der Waals surface area contributed by atoms with Gasteiger partial charge in [-0.3, -0.25) is 14.5 Å². The summed E-state index contributed by atoms with van der Waals surface area (Å²) in [5, 5.41) is 0.355. The number of anilines is 2. The first-order chi connectivity index (χ1) is 15.4. The van der Waals surface area contributed by atoms with Crippen molar-refractivity contribution in [2.75, 3.05) is 36.2 Å². The largest absolute Gasteiger partial charge is 0.489 e. The maximum Gasteiger partial charge on any atom is 0.415 e. The zero-order valence-electron chi connectivity index (χ0n) is 16.7. The van der Waals surface area contributed by atoms with Crippen LogP contribution in [0.2, 0.25) is 9.36 Å². The van der Waals surface area contributed by atoms with Gasteiger partial charge in [-0.15, -0.1) is 11.3 Å². The van der Waals surface area contributed by atoms with Gasteiger partial charge < -0.3 is 19.1 Å². The molecule has 1 aromatic heterocycles. The van der Waals surface area contributed by atoms with Crippen LogP contribution in [0.5, 0.6) is 5.75 Å². The van der Waals surface area contributed by atoms with Gasteiger partial charge in [0.25, 0.3) is 5.91 Å². The fourth-order valence-electron chi connectivity index (χ4n) is 4.11. The Kier molecular flexibility index (Phi) is 5.75. The van der Waals surface area contributed by atoms with Crippen molar-refractivity contribution in [3.8, 4) is 5.75 Å². The Labute approximate surface area is 197 Å². The molecule has 2 fully saturated rings. The van der Waals surface area contributed by atoms with Crippen molar-refractivity contribution in [1.82, 2.24) is 0 Å². The van der Waals surface area contributed by atoms with Crippen LogP contribution in [0.4, 0.5) is 16.2 Å². The summed E-state index contributed by atoms with van der Waals surface area (Å²) in [6, 6.07) is 6.50. The molecule has 0 spiro atoms. The maximum atomic E-state index is 12.6. The van der Waals surface area contributed by atoms with Crippen LogP contribution >= 0.6 is 34.5 Å². The van der Waals surface area contributed by atoms with E-state index in [9.17, 15) is 14.4 Å². The predicted molar refractivity (Wildman–Crippen MR) is 120 cm³/mol. The van der Waals surface area contributed by atoms with Crippen molar-refractivity contribution < 1.29 is 28.6 Å². The summed E-state index contributed by atoms with van der Waals surface area (Å²) in [6.07, 6.45) is -0.404. The molecule has 1 aromatic carbocycles. The number of ether oxygens (including phenoxy) is 3. The normalized spacial score (nSPS) is 22.3. The molecule has 11 heteroatoms. The lowest BCUT2D eigenvalue weighted by atomic mass is 10.0. The Hall–Kier alpha value is -2.33. The highest BCUT2D eigenvalue weighted by atomic mass is 35.5. The number of fused-ring (bicyclic) bond motifs is 3. The van der Waals surface area contributed by atoms with E-state index in [1.54, 1.807) is 34.1 Å². The van der Waals surface area contributed by atoms with Crippen molar-refractivity contribution in [2.24, 2.45) is 0 Å². The van der Waals surface area contributed by atoms with Crippen molar-refractivity contribution in [3.05, 3.63) is 38.5 Å². The third-order valence-corrected chi connectivity index (χ3v) is 7.60. The summed E-state index contributed by atoms with van der Waals surface area (Å²) >= 11 is 13.0. The number of rotatable bonds is 5. The monoisotopic (exact) mass is 496 g/mol. The number of carbonyl (C=O) groups excluding carboxylic acids is 3. The van der Waals surface area contributed by atoms with E-state index in [-0.39, 0.29) is 37.4 Å². The Morgan fingerprint density at radius 1 is 1.22 bits per heavy atom. The van der Waals surface area contributed by atoms with Gasteiger partial charge in [0.1, 0.15) is 35.4 Å². The van der Waals surface area contributed by atoms with Crippen LogP contribution < -0.4 is 14.5 Å². The maximum absolute atomic E-state index is 12.6. The quantitative estimate of drug-likeness (QED) is 0.577. The first-order valence-corrected chi connectivity index (χ1v) is 11.6. The number of halogens is 2. The fourth-order valence-corrected chi connectivity index (χ4v) is 5.44. The minimum atomic E-state index is -0.481. The average molecular weight is 497 g/mol. The molecule has 3 aliphatic rings. The van der Waals surface area contributed by atoms with Crippen LogP contribution in [0.1, 0.15) is 22.5 Å². The molecular weight excluding hydrogens is 479 g/mol. The van der Waals surface area contributed by atoms with Crippen LogP contribution in [0, 0.1) is 0 Å². The molecule has 2 aromatic rings. The van der Waals surface area contributed by atoms with Gasteiger partial charge in [0, 0.05) is 24.7 Å². The number of amides is 2. The van der Waals surface area contributed by atoms with Gasteiger partial charge in [-0.25, -0.2) is 4.79 Å². The lowest BCUT2D eigenvalue weighted by Gasteiger charge is -2.33. The third-order valence-electron chi connectivity index (χ3n) is 5.70. The molecular formula is C21H18Cl2N2O6S. The average Bonchev–Trinajstić information content (AvgIpc) is 3.30. The molecule has 8 nitrogen and oxygen atoms in total. The Bertz CT molecular complexity index is 1090. The van der Waals surface area contributed by atoms with Gasteiger partial charge >= 0.3 is 6.09 Å². The highest BCUT2D eigenvalue weighted by molar-refractivity contribution is 7.18. The number of cyclic esters (lactones) is 1. The van der Waals surface area contributed by atoms with E-state index >= 15 is 0 Å². The first kappa shape index (κ1) is 21.5. The zero-order valence-corrected chi connectivity index (χ0v) is 19.0. The van der Waals surface area contributed by atoms with E-state index in [1.165, 1.54) is 0 Å². The number of morpholine rings is 1. The molecule has 168 valence electrons. The Balaban J connectivity index is 1.30. The Morgan fingerprint density at radius 2 is 2.06 bits per heavy atom. The summed E-state index contributed by atoms with van der Waals surface area (Å²) in [5.41, 5.74) is 1.28. The van der Waals surface area contributed by atoms with E-state index < -0.39 is 12.2 Å². The van der Waals surface area contributed by atoms with Crippen LogP contribution in [-0.4, -0.2) is 56.3 Å². The number of carbonyl (C=O) groups is 3. The van der Waals surface area contributed by atoms with E-state index in [0.717, 1.165) is 11.3 Å². The number of nitrogens with zero attached hydrogens (tertiary/aromatic N) is 2. The third kappa shape index (κ3) is 3.83. The van der Waals surface area contributed by atoms with Gasteiger partial charge in [0.05, 0.1) is 22.2 Å². The highest BCUT2D eigenvalue weighted by Gasteiger charge is 2.46. The fraction of sp³-hybridized carbons (Fsp3) is 0.381. The molecule has 5 rings (SSSR count). The molecule has 4 heterocycles. The van der Waals surface area contributed by atoms with Gasteiger partial charge in [-0.05, 0) is 24.6 Å². The molecule has 0 N–H and O–H groups in total. The molecule has 0 radical (unpaired) electrons. The zero-order chi connectivity index (χ0) is 22.4. The van der Waals surface area contributed by atoms with E-state index in [4.69, 9.17) is 37.4 Å². The van der Waals surface area contributed by atoms with Crippen LogP contribution in [0.25, 0.3) is 0 Å². The van der Waals surface area contributed by atoms with Crippen LogP contribution in [-0.2, 0) is 14.3 Å². The number of benzene rings is 1. The number of Topliss-reactive ketones (excluding diaryl/α,β-unsaturated/α-hetero) is 1. The van der Waals surface area contributed by atoms with E-state index in [0.29, 0.717) is 50.9 Å². The van der Waals surface area contributed by atoms with Crippen molar-refractivity contribution in [3.63, 3.8) is 0 Å². The minimum absolute atomic E-state index is 0.0444. The molecule has 0 bridgehead atoms. The van der Waals surface area contributed by atoms with Crippen molar-refractivity contribution in [1.29, 1.82) is 0 Å². The van der Waals surface area contributed by atoms with Crippen molar-refractivity contribution in [2.45, 2.75) is 25.0 Å². The molecule has 0 unspecified atom stereocenters.